The van der Waals surface area contributed by atoms with Crippen molar-refractivity contribution >= 4 is 58.7 Å². The Labute approximate surface area is 233 Å². The number of hydrogen-bond acceptors (Lipinski definition) is 6. The molecule has 9 heteroatoms. The molecule has 7 nitrogen and oxygen atoms in total. The average Bonchev–Trinajstić information content (AvgIpc) is 2.92. The van der Waals surface area contributed by atoms with Gasteiger partial charge in [0, 0.05) is 0 Å². The van der Waals surface area contributed by atoms with Gasteiger partial charge < -0.3 is 0 Å². The second-order valence-corrected chi connectivity index (χ2v) is 12.0. The molecule has 0 aliphatic carbocycles. The van der Waals surface area contributed by atoms with E-state index in [0.717, 1.165) is 25.4 Å². The van der Waals surface area contributed by atoms with Gasteiger partial charge in [-0.3, -0.25) is 0 Å². The molecule has 0 saturated heterocycles. The van der Waals surface area contributed by atoms with Crippen LogP contribution >= 0.6 is 11.6 Å². The summed E-state index contributed by atoms with van der Waals surface area (Å²) < 4.78 is 7.85. The molecule has 0 bridgehead atoms. The molecule has 0 radical (unpaired) electrons. The van der Waals surface area contributed by atoms with Crippen molar-refractivity contribution in [1.29, 1.82) is 0 Å². The number of carbonyl (C=O) groups is 1. The summed E-state index contributed by atoms with van der Waals surface area (Å²) in [4.78, 5) is 25.5. The van der Waals surface area contributed by atoms with Crippen LogP contribution in [0.1, 0.15) is 25.1 Å². The topological polar surface area (TPSA) is 89.0 Å². The molecular weight excluding hydrogens is 561 g/mol. The van der Waals surface area contributed by atoms with E-state index in [1.54, 1.807) is 12.5 Å². The second kappa shape index (κ2) is 12.2. The van der Waals surface area contributed by atoms with Crippen LogP contribution in [0.5, 0.6) is 5.75 Å². The van der Waals surface area contributed by atoms with E-state index in [9.17, 15) is 4.79 Å². The van der Waals surface area contributed by atoms with E-state index in [1.807, 2.05) is 69.4 Å². The van der Waals surface area contributed by atoms with Crippen LogP contribution in [0.4, 0.5) is 5.69 Å². The number of nitrogens with zero attached hydrogens (tertiary/aromatic N) is 3. The van der Waals surface area contributed by atoms with Crippen molar-refractivity contribution in [2.45, 2.75) is 26.0 Å². The van der Waals surface area contributed by atoms with Gasteiger partial charge in [0.2, 0.25) is 0 Å². The van der Waals surface area contributed by atoms with Gasteiger partial charge in [0.05, 0.1) is 0 Å². The summed E-state index contributed by atoms with van der Waals surface area (Å²) in [7, 11) is 1.85. The van der Waals surface area contributed by atoms with Crippen molar-refractivity contribution in [2.24, 2.45) is 0 Å². The molecule has 1 unspecified atom stereocenters. The number of aromatic nitrogens is 3. The number of amides is 1. The number of pyridine rings is 1. The molecular formula is C29H27AsClN5O2. The molecule has 2 aromatic carbocycles. The Hall–Kier alpha value is -3.69. The third kappa shape index (κ3) is 6.99. The van der Waals surface area contributed by atoms with E-state index < -0.39 is 21.3 Å². The Kier molecular flexibility index (Phi) is 8.80. The molecule has 0 saturated carbocycles. The number of ether oxygens (including phenoxy) is 1. The molecule has 4 aromatic rings. The van der Waals surface area contributed by atoms with Gasteiger partial charge in [-0.2, -0.15) is 0 Å². The number of nitrogens with one attached hydrogen (secondary N) is 2. The average molecular weight is 588 g/mol. The summed E-state index contributed by atoms with van der Waals surface area (Å²) in [5.74, 6) is 6.67. The number of carbonyl (C=O) groups excluding carboxylic acids is 1. The van der Waals surface area contributed by atoms with Crippen molar-refractivity contribution in [2.75, 3.05) is 12.4 Å². The zero-order valence-electron chi connectivity index (χ0n) is 21.3. The van der Waals surface area contributed by atoms with Crippen LogP contribution in [-0.4, -0.2) is 49.2 Å². The molecule has 1 amide bonds. The third-order valence-corrected chi connectivity index (χ3v) is 8.54. The molecule has 0 aliphatic heterocycles. The maximum absolute atomic E-state index is 12.2. The van der Waals surface area contributed by atoms with Crippen molar-refractivity contribution in [3.8, 4) is 17.6 Å². The first-order chi connectivity index (χ1) is 18.3. The molecule has 192 valence electrons. The predicted molar refractivity (Wildman–Crippen MR) is 155 cm³/mol. The van der Waals surface area contributed by atoms with Crippen LogP contribution < -0.4 is 24.2 Å². The molecule has 4 rings (SSSR count). The first kappa shape index (κ1) is 27.3. The van der Waals surface area contributed by atoms with E-state index in [4.69, 9.17) is 16.3 Å². The summed E-state index contributed by atoms with van der Waals surface area (Å²) in [6.45, 7) is 7.86. The van der Waals surface area contributed by atoms with Crippen molar-refractivity contribution < 1.29 is 9.53 Å². The van der Waals surface area contributed by atoms with Gasteiger partial charge in [-0.05, 0) is 0 Å². The fourth-order valence-electron chi connectivity index (χ4n) is 3.35. The van der Waals surface area contributed by atoms with Crippen LogP contribution in [-0.2, 0) is 11.4 Å². The standard InChI is InChI=1S/C29H27AsClN5O2/c1-5-27(37)36-24-16-22-25(14-19(24)11-12-29(2,3)32-4)34-18-35-28(22)30-20-9-10-26(23(31)15-20)38-17-21-8-6-7-13-33-21/h5-10,13-16,18,30,32H,1,17H2,2-4H3,(H,36,37). The van der Waals surface area contributed by atoms with Gasteiger partial charge >= 0.3 is 234 Å². The number of rotatable bonds is 8. The Morgan fingerprint density at radius 2 is 2.03 bits per heavy atom. The molecule has 2 heterocycles. The zero-order chi connectivity index (χ0) is 27.1. The predicted octanol–water partition coefficient (Wildman–Crippen LogP) is 3.12. The van der Waals surface area contributed by atoms with E-state index in [1.165, 1.54) is 6.08 Å². The molecule has 0 spiro atoms. The van der Waals surface area contributed by atoms with Gasteiger partial charge in [0.15, 0.2) is 0 Å². The third-order valence-electron chi connectivity index (χ3n) is 5.65. The Morgan fingerprint density at radius 1 is 1.18 bits per heavy atom. The summed E-state index contributed by atoms with van der Waals surface area (Å²) >= 11 is 5.66. The van der Waals surface area contributed by atoms with Crippen molar-refractivity contribution in [1.82, 2.24) is 20.3 Å². The molecule has 0 fully saturated rings. The van der Waals surface area contributed by atoms with Gasteiger partial charge in [-0.1, -0.05) is 0 Å². The van der Waals surface area contributed by atoms with E-state index >= 15 is 0 Å². The molecule has 1 atom stereocenters. The fourth-order valence-corrected chi connectivity index (χ4v) is 6.11. The van der Waals surface area contributed by atoms with Crippen LogP contribution in [0.3, 0.4) is 0 Å². The summed E-state index contributed by atoms with van der Waals surface area (Å²) in [6, 6.07) is 15.3. The Balaban J connectivity index is 1.64. The summed E-state index contributed by atoms with van der Waals surface area (Å²) in [5, 5.41) is 7.43. The second-order valence-electron chi connectivity index (χ2n) is 8.84. The number of benzene rings is 2. The summed E-state index contributed by atoms with van der Waals surface area (Å²) in [5.41, 5.74) is 2.43. The quantitative estimate of drug-likeness (QED) is 0.187. The monoisotopic (exact) mass is 587 g/mol. The number of halogens is 1. The van der Waals surface area contributed by atoms with Gasteiger partial charge in [-0.15, -0.1) is 0 Å². The number of hydrogen-bond donors (Lipinski definition) is 2. The molecule has 2 aromatic heterocycles. The Morgan fingerprint density at radius 3 is 2.74 bits per heavy atom. The van der Waals surface area contributed by atoms with Crippen LogP contribution in [0.15, 0.2) is 73.7 Å². The number of fused-ring (bicyclic) bond motifs is 1. The van der Waals surface area contributed by atoms with Crippen LogP contribution in [0, 0.1) is 11.8 Å². The zero-order valence-corrected chi connectivity index (χ0v) is 24.2. The van der Waals surface area contributed by atoms with E-state index in [0.29, 0.717) is 28.6 Å². The SMILES string of the molecule is C=CC(=O)Nc1cc2c([AsH]c3ccc(OCc4ccccn4)c(Cl)c3)ncnc2cc1C#CC(C)(C)NC. The van der Waals surface area contributed by atoms with E-state index in [-0.39, 0.29) is 5.91 Å². The molecule has 0 aliphatic rings. The van der Waals surface area contributed by atoms with Gasteiger partial charge in [0.25, 0.3) is 0 Å². The maximum atomic E-state index is 12.2. The minimum atomic E-state index is -0.884. The van der Waals surface area contributed by atoms with Crippen LogP contribution in [0.25, 0.3) is 10.9 Å². The summed E-state index contributed by atoms with van der Waals surface area (Å²) in [6.07, 6.45) is 4.52. The first-order valence-corrected chi connectivity index (χ1v) is 14.3. The number of anilines is 1. The van der Waals surface area contributed by atoms with Gasteiger partial charge in [0.1, 0.15) is 0 Å². The normalized spacial score (nSPS) is 11.3. The molecule has 2 N–H and O–H groups in total. The van der Waals surface area contributed by atoms with Gasteiger partial charge in [-0.25, -0.2) is 0 Å². The fraction of sp³-hybridized carbons (Fsp3) is 0.172. The molecule has 38 heavy (non-hydrogen) atoms. The Bertz CT molecular complexity index is 1550. The minimum absolute atomic E-state index is 0.317. The van der Waals surface area contributed by atoms with Crippen molar-refractivity contribution in [3.05, 3.63) is 90.0 Å². The van der Waals surface area contributed by atoms with E-state index in [2.05, 4.69) is 44.0 Å². The van der Waals surface area contributed by atoms with Crippen molar-refractivity contribution in [3.63, 3.8) is 0 Å². The first-order valence-electron chi connectivity index (χ1n) is 11.8. The van der Waals surface area contributed by atoms with Crippen LogP contribution in [0.2, 0.25) is 5.02 Å².